The summed E-state index contributed by atoms with van der Waals surface area (Å²) in [5.41, 5.74) is 0.963. The Kier molecular flexibility index (Phi) is 7.21. The molecule has 3 aromatic heterocycles. The number of thiazole rings is 1. The molecule has 3 heterocycles. The predicted molar refractivity (Wildman–Crippen MR) is 109 cm³/mol. The van der Waals surface area contributed by atoms with Crippen molar-refractivity contribution in [2.24, 2.45) is 0 Å². The van der Waals surface area contributed by atoms with E-state index in [2.05, 4.69) is 34.7 Å². The van der Waals surface area contributed by atoms with Gasteiger partial charge in [-0.1, -0.05) is 0 Å². The minimum atomic E-state index is -0.399. The second-order valence-corrected chi connectivity index (χ2v) is 8.14. The Hall–Kier alpha value is -2.65. The highest BCUT2D eigenvalue weighted by atomic mass is 32.1. The van der Waals surface area contributed by atoms with Crippen LogP contribution in [0.4, 0.5) is 5.13 Å². The zero-order chi connectivity index (χ0) is 19.8. The number of rotatable bonds is 10. The van der Waals surface area contributed by atoms with E-state index >= 15 is 0 Å². The Morgan fingerprint density at radius 3 is 2.93 bits per heavy atom. The van der Waals surface area contributed by atoms with E-state index in [0.29, 0.717) is 18.7 Å². The Morgan fingerprint density at radius 1 is 1.29 bits per heavy atom. The van der Waals surface area contributed by atoms with Crippen LogP contribution in [0.25, 0.3) is 10.6 Å². The van der Waals surface area contributed by atoms with Crippen molar-refractivity contribution in [2.45, 2.75) is 26.3 Å². The van der Waals surface area contributed by atoms with Crippen LogP contribution >= 0.6 is 22.7 Å². The number of ether oxygens (including phenoxy) is 1. The lowest BCUT2D eigenvalue weighted by molar-refractivity contribution is -0.148. The third kappa shape index (κ3) is 6.21. The van der Waals surface area contributed by atoms with Gasteiger partial charge in [0.1, 0.15) is 5.76 Å². The van der Waals surface area contributed by atoms with Crippen molar-refractivity contribution in [3.63, 3.8) is 0 Å². The molecule has 0 bridgehead atoms. The number of aryl methyl sites for hydroxylation is 1. The lowest BCUT2D eigenvalue weighted by Gasteiger charge is -2.06. The zero-order valence-electron chi connectivity index (χ0n) is 15.4. The highest BCUT2D eigenvalue weighted by molar-refractivity contribution is 7.16. The molecule has 0 unspecified atom stereocenters. The van der Waals surface area contributed by atoms with Crippen molar-refractivity contribution in [3.8, 4) is 10.6 Å². The zero-order valence-corrected chi connectivity index (χ0v) is 17.0. The summed E-state index contributed by atoms with van der Waals surface area (Å²) in [5, 5.41) is 8.67. The van der Waals surface area contributed by atoms with Crippen molar-refractivity contribution < 1.29 is 18.7 Å². The van der Waals surface area contributed by atoms with Crippen molar-refractivity contribution in [1.82, 2.24) is 10.3 Å². The van der Waals surface area contributed by atoms with Crippen LogP contribution in [0, 0.1) is 6.92 Å². The van der Waals surface area contributed by atoms with E-state index in [1.54, 1.807) is 23.5 Å². The van der Waals surface area contributed by atoms with Gasteiger partial charge in [0.25, 0.3) is 5.91 Å². The van der Waals surface area contributed by atoms with Crippen molar-refractivity contribution >= 4 is 39.7 Å². The molecule has 148 valence electrons. The molecule has 7 nitrogen and oxygen atoms in total. The fraction of sp³-hybridized carbons (Fsp3) is 0.316. The summed E-state index contributed by atoms with van der Waals surface area (Å²) in [5.74, 6) is -0.115. The van der Waals surface area contributed by atoms with Crippen molar-refractivity contribution in [3.05, 3.63) is 46.5 Å². The molecule has 3 aromatic rings. The maximum atomic E-state index is 11.7. The summed E-state index contributed by atoms with van der Waals surface area (Å²) in [6.07, 6.45) is 2.37. The van der Waals surface area contributed by atoms with Gasteiger partial charge in [0.2, 0.25) is 0 Å². The monoisotopic (exact) mass is 419 g/mol. The van der Waals surface area contributed by atoms with Gasteiger partial charge in [-0.15, -0.1) is 22.7 Å². The summed E-state index contributed by atoms with van der Waals surface area (Å²) in [6, 6.07) is 7.65. The molecule has 0 saturated heterocycles. The lowest BCUT2D eigenvalue weighted by atomic mass is 10.3. The van der Waals surface area contributed by atoms with Crippen LogP contribution in [0.5, 0.6) is 0 Å². The fourth-order valence-corrected chi connectivity index (χ4v) is 3.98. The van der Waals surface area contributed by atoms with Gasteiger partial charge in [-0.2, -0.15) is 0 Å². The van der Waals surface area contributed by atoms with Gasteiger partial charge in [-0.25, -0.2) is 4.98 Å². The Labute approximate surface area is 170 Å². The van der Waals surface area contributed by atoms with Crippen molar-refractivity contribution in [2.75, 3.05) is 18.5 Å². The van der Waals surface area contributed by atoms with E-state index in [1.807, 2.05) is 5.38 Å². The smallest absolute Gasteiger partial charge is 0.306 e. The van der Waals surface area contributed by atoms with E-state index in [9.17, 15) is 9.59 Å². The first kappa shape index (κ1) is 20.1. The molecule has 0 aliphatic rings. The molecule has 0 aliphatic carbocycles. The van der Waals surface area contributed by atoms with Crippen LogP contribution in [0.3, 0.4) is 0 Å². The molecule has 3 rings (SSSR count). The molecule has 0 aromatic carbocycles. The topological polar surface area (TPSA) is 93.5 Å². The number of carbonyl (C=O) groups excluding carboxylic acids is 2. The quantitative estimate of drug-likeness (QED) is 0.383. The molecule has 1 amide bonds. The number of carbonyl (C=O) groups is 2. The first-order valence-corrected chi connectivity index (χ1v) is 10.5. The summed E-state index contributed by atoms with van der Waals surface area (Å²) >= 11 is 3.25. The third-order valence-electron chi connectivity index (χ3n) is 3.74. The molecular formula is C19H21N3O4S2. The van der Waals surface area contributed by atoms with Gasteiger partial charge in [0.05, 0.1) is 23.4 Å². The Morgan fingerprint density at radius 2 is 2.18 bits per heavy atom. The largest absolute Gasteiger partial charge is 0.467 e. The fourth-order valence-electron chi connectivity index (χ4n) is 2.34. The number of hydrogen-bond donors (Lipinski definition) is 2. The molecule has 0 fully saturated rings. The molecular weight excluding hydrogens is 398 g/mol. The van der Waals surface area contributed by atoms with Crippen LogP contribution in [0.2, 0.25) is 0 Å². The molecule has 0 atom stereocenters. The van der Waals surface area contributed by atoms with Crippen LogP contribution < -0.4 is 10.6 Å². The molecule has 0 spiro atoms. The number of amides is 1. The summed E-state index contributed by atoms with van der Waals surface area (Å²) in [4.78, 5) is 30.3. The Balaban J connectivity index is 1.28. The van der Waals surface area contributed by atoms with Crippen LogP contribution in [0.1, 0.15) is 23.5 Å². The molecule has 2 N–H and O–H groups in total. The van der Waals surface area contributed by atoms with E-state index in [4.69, 9.17) is 9.15 Å². The minimum Gasteiger partial charge on any atom is -0.467 e. The highest BCUT2D eigenvalue weighted by Crippen LogP contribution is 2.30. The SMILES string of the molecule is Cc1ccc(-c2csc(NCCCC(=O)OCC(=O)NCc3ccco3)n2)s1. The summed E-state index contributed by atoms with van der Waals surface area (Å²) < 4.78 is 10.1. The normalized spacial score (nSPS) is 10.6. The van der Waals surface area contributed by atoms with Crippen molar-refractivity contribution in [1.29, 1.82) is 0 Å². The molecule has 9 heteroatoms. The van der Waals surface area contributed by atoms with E-state index in [0.717, 1.165) is 15.7 Å². The average molecular weight is 420 g/mol. The number of furan rings is 1. The van der Waals surface area contributed by atoms with Gasteiger partial charge in [0, 0.05) is 23.2 Å². The van der Waals surface area contributed by atoms with E-state index in [1.165, 1.54) is 22.5 Å². The number of nitrogens with one attached hydrogen (secondary N) is 2. The number of hydrogen-bond acceptors (Lipinski definition) is 8. The molecule has 0 radical (unpaired) electrons. The van der Waals surface area contributed by atoms with Crippen LogP contribution in [-0.4, -0.2) is 30.0 Å². The van der Waals surface area contributed by atoms with Gasteiger partial charge < -0.3 is 19.8 Å². The highest BCUT2D eigenvalue weighted by Gasteiger charge is 2.09. The third-order valence-corrected chi connectivity index (χ3v) is 5.56. The van der Waals surface area contributed by atoms with Crippen LogP contribution in [0.15, 0.2) is 40.3 Å². The van der Waals surface area contributed by atoms with E-state index < -0.39 is 5.97 Å². The number of anilines is 1. The predicted octanol–water partition coefficient (Wildman–Crippen LogP) is 3.82. The van der Waals surface area contributed by atoms with Gasteiger partial charge >= 0.3 is 5.97 Å². The first-order chi connectivity index (χ1) is 13.6. The molecule has 28 heavy (non-hydrogen) atoms. The van der Waals surface area contributed by atoms with Gasteiger partial charge in [-0.05, 0) is 37.6 Å². The second-order valence-electron chi connectivity index (χ2n) is 6.00. The standard InChI is InChI=1S/C19H21N3O4S2/c1-13-6-7-16(28-13)15-12-27-19(22-15)20-8-2-5-18(24)26-11-17(23)21-10-14-4-3-9-25-14/h3-4,6-7,9,12H,2,5,8,10-11H2,1H3,(H,20,22)(H,21,23). The summed E-state index contributed by atoms with van der Waals surface area (Å²) in [7, 11) is 0. The number of nitrogens with zero attached hydrogens (tertiary/aromatic N) is 1. The minimum absolute atomic E-state index is 0.237. The van der Waals surface area contributed by atoms with Gasteiger partial charge in [-0.3, -0.25) is 9.59 Å². The average Bonchev–Trinajstić information content (AvgIpc) is 3.43. The van der Waals surface area contributed by atoms with Gasteiger partial charge in [0.15, 0.2) is 11.7 Å². The van der Waals surface area contributed by atoms with Crippen LogP contribution in [-0.2, 0) is 20.9 Å². The Bertz CT molecular complexity index is 902. The molecule has 0 saturated carbocycles. The molecule has 0 aliphatic heterocycles. The first-order valence-electron chi connectivity index (χ1n) is 8.81. The maximum absolute atomic E-state index is 11.7. The number of thiophene rings is 1. The van der Waals surface area contributed by atoms with E-state index in [-0.39, 0.29) is 25.5 Å². The second kappa shape index (κ2) is 10.0. The lowest BCUT2D eigenvalue weighted by Crippen LogP contribution is -2.28. The number of esters is 1. The summed E-state index contributed by atoms with van der Waals surface area (Å²) in [6.45, 7) is 2.66. The maximum Gasteiger partial charge on any atom is 0.306 e. The number of aromatic nitrogens is 1.